The van der Waals surface area contributed by atoms with Crippen molar-refractivity contribution >= 4 is 22.7 Å². The summed E-state index contributed by atoms with van der Waals surface area (Å²) in [6.07, 6.45) is 1.60. The lowest BCUT2D eigenvalue weighted by Gasteiger charge is -2.17. The number of carboxylic acids is 1. The first-order valence-electron chi connectivity index (χ1n) is 3.71. The zero-order valence-corrected chi connectivity index (χ0v) is 8.35. The quantitative estimate of drug-likeness (QED) is 0.564. The van der Waals surface area contributed by atoms with Gasteiger partial charge in [0, 0.05) is 29.7 Å². The zero-order valence-electron chi connectivity index (χ0n) is 7.53. The van der Waals surface area contributed by atoms with E-state index in [9.17, 15) is 18.9 Å². The first-order chi connectivity index (χ1) is 5.93. The molecule has 0 aliphatic carbocycles. The number of carbonyl (C=O) groups is 2. The summed E-state index contributed by atoms with van der Waals surface area (Å²) in [7, 11) is -1.06. The van der Waals surface area contributed by atoms with Gasteiger partial charge in [0.25, 0.3) is 0 Å². The lowest BCUT2D eigenvalue weighted by molar-refractivity contribution is -0.308. The Hall–Kier alpha value is -0.910. The fourth-order valence-corrected chi connectivity index (χ4v) is 1.35. The highest BCUT2D eigenvalue weighted by atomic mass is 32.2. The highest BCUT2D eigenvalue weighted by Gasteiger charge is 2.11. The highest BCUT2D eigenvalue weighted by molar-refractivity contribution is 7.84. The van der Waals surface area contributed by atoms with Crippen molar-refractivity contribution in [2.24, 2.45) is 0 Å². The number of aliphatic carboxylic acids is 1. The standard InChI is InChI=1S/C7H13NO4S/c1-5(9)8-6(7(10)11)3-4-13(2)12/h6H,3-4H2,1-2H3,(H,8,9)(H,10,11)/p-1/t6-,13+/m0/s1. The van der Waals surface area contributed by atoms with Crippen LogP contribution in [0.5, 0.6) is 0 Å². The van der Waals surface area contributed by atoms with Gasteiger partial charge in [-0.1, -0.05) is 0 Å². The van der Waals surface area contributed by atoms with Crippen LogP contribution >= 0.6 is 0 Å². The molecule has 6 heteroatoms. The van der Waals surface area contributed by atoms with Gasteiger partial charge in [-0.15, -0.1) is 0 Å². The second-order valence-corrected chi connectivity index (χ2v) is 4.19. The second-order valence-electron chi connectivity index (χ2n) is 2.64. The Morgan fingerprint density at radius 1 is 1.54 bits per heavy atom. The summed E-state index contributed by atoms with van der Waals surface area (Å²) < 4.78 is 10.6. The van der Waals surface area contributed by atoms with Crippen LogP contribution in [0.25, 0.3) is 0 Å². The number of hydrogen-bond acceptors (Lipinski definition) is 4. The van der Waals surface area contributed by atoms with Crippen molar-refractivity contribution in [2.75, 3.05) is 12.0 Å². The van der Waals surface area contributed by atoms with Gasteiger partial charge in [0.2, 0.25) is 5.91 Å². The van der Waals surface area contributed by atoms with E-state index in [0.29, 0.717) is 0 Å². The molecule has 0 heterocycles. The molecule has 0 saturated heterocycles. The number of carbonyl (C=O) groups excluding carboxylic acids is 2. The van der Waals surface area contributed by atoms with E-state index in [2.05, 4.69) is 5.32 Å². The fourth-order valence-electron chi connectivity index (χ4n) is 0.778. The molecule has 0 saturated carbocycles. The normalized spacial score (nSPS) is 14.6. The molecule has 0 aliphatic rings. The molecule has 0 aromatic carbocycles. The van der Waals surface area contributed by atoms with E-state index in [-0.39, 0.29) is 12.2 Å². The van der Waals surface area contributed by atoms with Gasteiger partial charge in [0.1, 0.15) is 0 Å². The van der Waals surface area contributed by atoms with Crippen LogP contribution in [0.2, 0.25) is 0 Å². The Balaban J connectivity index is 4.02. The zero-order chi connectivity index (χ0) is 10.4. The average Bonchev–Trinajstić information content (AvgIpc) is 1.96. The van der Waals surface area contributed by atoms with E-state index in [1.165, 1.54) is 13.2 Å². The molecule has 2 atom stereocenters. The minimum absolute atomic E-state index is 0.130. The summed E-state index contributed by atoms with van der Waals surface area (Å²) in [6, 6.07) is -1.04. The molecule has 5 nitrogen and oxygen atoms in total. The van der Waals surface area contributed by atoms with Crippen molar-refractivity contribution in [1.82, 2.24) is 5.32 Å². The summed E-state index contributed by atoms with van der Waals surface area (Å²) in [5.74, 6) is -1.55. The third kappa shape index (κ3) is 6.27. The van der Waals surface area contributed by atoms with Crippen LogP contribution in [0.15, 0.2) is 0 Å². The second kappa shape index (κ2) is 5.69. The number of amides is 1. The molecular weight excluding hydrogens is 194 g/mol. The van der Waals surface area contributed by atoms with E-state index in [0.717, 1.165) is 0 Å². The van der Waals surface area contributed by atoms with Crippen LogP contribution in [-0.2, 0) is 20.4 Å². The molecule has 0 unspecified atom stereocenters. The van der Waals surface area contributed by atoms with Crippen molar-refractivity contribution in [3.8, 4) is 0 Å². The third-order valence-electron chi connectivity index (χ3n) is 1.36. The Morgan fingerprint density at radius 2 is 2.08 bits per heavy atom. The van der Waals surface area contributed by atoms with Gasteiger partial charge >= 0.3 is 0 Å². The lowest BCUT2D eigenvalue weighted by Crippen LogP contribution is -2.47. The molecule has 0 bridgehead atoms. The van der Waals surface area contributed by atoms with Crippen LogP contribution in [0, 0.1) is 0 Å². The largest absolute Gasteiger partial charge is 0.548 e. The van der Waals surface area contributed by atoms with Crippen LogP contribution in [-0.4, -0.2) is 34.1 Å². The fraction of sp³-hybridized carbons (Fsp3) is 0.714. The van der Waals surface area contributed by atoms with Gasteiger partial charge in [-0.2, -0.15) is 0 Å². The molecular formula is C7H12NO4S-. The molecule has 0 fully saturated rings. The van der Waals surface area contributed by atoms with Gasteiger partial charge in [-0.05, 0) is 6.42 Å². The smallest absolute Gasteiger partial charge is 0.217 e. The molecule has 13 heavy (non-hydrogen) atoms. The maximum atomic E-state index is 10.6. The van der Waals surface area contributed by atoms with Gasteiger partial charge in [0.15, 0.2) is 0 Å². The number of hydrogen-bond donors (Lipinski definition) is 1. The van der Waals surface area contributed by atoms with E-state index in [1.54, 1.807) is 0 Å². The Morgan fingerprint density at radius 3 is 2.38 bits per heavy atom. The van der Waals surface area contributed by atoms with Crippen LogP contribution in [0.3, 0.4) is 0 Å². The summed E-state index contributed by atoms with van der Waals surface area (Å²) >= 11 is 0. The SMILES string of the molecule is CC(=O)N[C@@H](CC[S@@](C)=O)C(=O)[O-]. The van der Waals surface area contributed by atoms with E-state index in [4.69, 9.17) is 0 Å². The van der Waals surface area contributed by atoms with Crippen molar-refractivity contribution in [2.45, 2.75) is 19.4 Å². The number of rotatable bonds is 5. The van der Waals surface area contributed by atoms with Crippen LogP contribution in [0.1, 0.15) is 13.3 Å². The summed E-state index contributed by atoms with van der Waals surface area (Å²) in [4.78, 5) is 20.9. The van der Waals surface area contributed by atoms with Gasteiger partial charge < -0.3 is 15.2 Å². The minimum Gasteiger partial charge on any atom is -0.548 e. The van der Waals surface area contributed by atoms with Gasteiger partial charge in [0.05, 0.1) is 12.0 Å². The lowest BCUT2D eigenvalue weighted by atomic mass is 10.2. The monoisotopic (exact) mass is 206 g/mol. The van der Waals surface area contributed by atoms with Gasteiger partial charge in [-0.3, -0.25) is 9.00 Å². The van der Waals surface area contributed by atoms with E-state index in [1.807, 2.05) is 0 Å². The molecule has 76 valence electrons. The maximum absolute atomic E-state index is 10.6. The van der Waals surface area contributed by atoms with Crippen LogP contribution < -0.4 is 10.4 Å². The molecule has 1 amide bonds. The van der Waals surface area contributed by atoms with Crippen LogP contribution in [0.4, 0.5) is 0 Å². The molecule has 0 rings (SSSR count). The molecule has 0 aliphatic heterocycles. The van der Waals surface area contributed by atoms with Crippen molar-refractivity contribution in [1.29, 1.82) is 0 Å². The summed E-state index contributed by atoms with van der Waals surface area (Å²) in [5.41, 5.74) is 0. The molecule has 1 N–H and O–H groups in total. The topological polar surface area (TPSA) is 86.3 Å². The van der Waals surface area contributed by atoms with E-state index < -0.39 is 28.7 Å². The Bertz CT molecular complexity index is 229. The molecule has 0 aromatic heterocycles. The first-order valence-corrected chi connectivity index (χ1v) is 5.44. The predicted molar refractivity (Wildman–Crippen MR) is 46.2 cm³/mol. The minimum atomic E-state index is -1.35. The Kier molecular flexibility index (Phi) is 5.29. The Labute approximate surface area is 79.0 Å². The first kappa shape index (κ1) is 12.1. The average molecular weight is 206 g/mol. The molecule has 0 spiro atoms. The molecule has 0 aromatic rings. The maximum Gasteiger partial charge on any atom is 0.217 e. The predicted octanol–water partition coefficient (Wildman–Crippen LogP) is -1.99. The van der Waals surface area contributed by atoms with Crippen molar-refractivity contribution in [3.63, 3.8) is 0 Å². The van der Waals surface area contributed by atoms with Crippen molar-refractivity contribution in [3.05, 3.63) is 0 Å². The molecule has 0 radical (unpaired) electrons. The number of nitrogens with one attached hydrogen (secondary N) is 1. The third-order valence-corrected chi connectivity index (χ3v) is 2.17. The summed E-state index contributed by atoms with van der Waals surface area (Å²) in [5, 5.41) is 12.6. The summed E-state index contributed by atoms with van der Waals surface area (Å²) in [6.45, 7) is 1.22. The van der Waals surface area contributed by atoms with Gasteiger partial charge in [-0.25, -0.2) is 0 Å². The van der Waals surface area contributed by atoms with Crippen molar-refractivity contribution < 1.29 is 18.9 Å². The number of carboxylic acid groups (broad SMARTS) is 1. The van der Waals surface area contributed by atoms with E-state index >= 15 is 0 Å². The highest BCUT2D eigenvalue weighted by Crippen LogP contribution is 1.92.